The third kappa shape index (κ3) is 4.75. The van der Waals surface area contributed by atoms with Crippen LogP contribution in [0.1, 0.15) is 22.5 Å². The van der Waals surface area contributed by atoms with Gasteiger partial charge in [0.2, 0.25) is 0 Å². The minimum Gasteiger partial charge on any atom is -0.451 e. The number of carbonyl (C=O) groups excluding carboxylic acids is 1. The molecule has 2 atom stereocenters. The number of hydrogen-bond donors (Lipinski definition) is 2. The van der Waals surface area contributed by atoms with Crippen LogP contribution in [-0.2, 0) is 10.3 Å². The van der Waals surface area contributed by atoms with Gasteiger partial charge < -0.3 is 15.8 Å². The monoisotopic (exact) mass is 510 g/mol. The van der Waals surface area contributed by atoms with Gasteiger partial charge in [-0.15, -0.1) is 0 Å². The summed E-state index contributed by atoms with van der Waals surface area (Å²) in [4.78, 5) is 19.2. The Hall–Kier alpha value is -2.83. The number of aliphatic imine (C=N–C) groups is 1. The van der Waals surface area contributed by atoms with Crippen LogP contribution in [0.5, 0.6) is 0 Å². The number of benzene rings is 1. The normalized spacial score (nSPS) is 21.3. The van der Waals surface area contributed by atoms with Crippen molar-refractivity contribution in [2.75, 3.05) is 12.0 Å². The highest BCUT2D eigenvalue weighted by Crippen LogP contribution is 2.42. The van der Waals surface area contributed by atoms with Crippen LogP contribution in [0.15, 0.2) is 39.9 Å². The van der Waals surface area contributed by atoms with Crippen LogP contribution in [0, 0.1) is 11.6 Å². The summed E-state index contributed by atoms with van der Waals surface area (Å²) in [5.41, 5.74) is 1.33. The number of nitrogens with one attached hydrogen (secondary N) is 1. The highest BCUT2D eigenvalue weighted by molar-refractivity contribution is 9.10. The van der Waals surface area contributed by atoms with Gasteiger partial charge in [0.15, 0.2) is 23.3 Å². The smallest absolute Gasteiger partial charge is 0.411 e. The Morgan fingerprint density at radius 2 is 2.03 bits per heavy atom. The van der Waals surface area contributed by atoms with E-state index >= 15 is 0 Å². The third-order valence-corrected chi connectivity index (χ3v) is 4.91. The van der Waals surface area contributed by atoms with Gasteiger partial charge in [-0.05, 0) is 34.1 Å². The lowest BCUT2D eigenvalue weighted by Gasteiger charge is -2.38. The first-order chi connectivity index (χ1) is 14.4. The quantitative estimate of drug-likeness (QED) is 0.603. The molecule has 0 aliphatic carbocycles. The van der Waals surface area contributed by atoms with Crippen molar-refractivity contribution >= 4 is 33.5 Å². The molecular weight excluding hydrogens is 498 g/mol. The fourth-order valence-corrected chi connectivity index (χ4v) is 3.22. The number of nitrogens with two attached hydrogens (primary N) is 1. The predicted molar refractivity (Wildman–Crippen MR) is 101 cm³/mol. The summed E-state index contributed by atoms with van der Waals surface area (Å²) in [6.45, 7) is -1.67. The number of amides is 1. The van der Waals surface area contributed by atoms with Gasteiger partial charge in [-0.1, -0.05) is 0 Å². The first-order valence-corrected chi connectivity index (χ1v) is 9.32. The molecule has 1 aromatic heterocycles. The van der Waals surface area contributed by atoms with E-state index in [0.717, 1.165) is 6.07 Å². The molecule has 2 aromatic rings. The van der Waals surface area contributed by atoms with Crippen LogP contribution in [-0.4, -0.2) is 35.8 Å². The minimum atomic E-state index is -4.93. The van der Waals surface area contributed by atoms with E-state index in [-0.39, 0.29) is 11.4 Å². The molecule has 1 amide bonds. The van der Waals surface area contributed by atoms with Crippen LogP contribution in [0.4, 0.5) is 32.0 Å². The van der Waals surface area contributed by atoms with Gasteiger partial charge in [-0.2, -0.15) is 13.2 Å². The van der Waals surface area contributed by atoms with E-state index in [1.165, 1.54) is 18.3 Å². The summed E-state index contributed by atoms with van der Waals surface area (Å²) in [5, 5.41) is 2.23. The molecule has 0 saturated carbocycles. The number of carbonyl (C=O) groups is 1. The molecule has 0 saturated heterocycles. The van der Waals surface area contributed by atoms with Gasteiger partial charge in [0.05, 0.1) is 0 Å². The molecule has 13 heteroatoms. The second-order valence-corrected chi connectivity index (χ2v) is 7.51. The predicted octanol–water partition coefficient (Wildman–Crippen LogP) is 4.21. The van der Waals surface area contributed by atoms with E-state index in [1.807, 2.05) is 0 Å². The molecule has 31 heavy (non-hydrogen) atoms. The molecule has 1 aliphatic heterocycles. The number of hydrogen-bond acceptors (Lipinski definition) is 5. The maximum Gasteiger partial charge on any atom is 0.411 e. The van der Waals surface area contributed by atoms with E-state index in [4.69, 9.17) is 10.5 Å². The fourth-order valence-electron chi connectivity index (χ4n) is 2.99. The van der Waals surface area contributed by atoms with Gasteiger partial charge in [0, 0.05) is 34.4 Å². The second kappa shape index (κ2) is 8.36. The second-order valence-electron chi connectivity index (χ2n) is 6.59. The molecule has 166 valence electrons. The Kier molecular flexibility index (Phi) is 6.16. The van der Waals surface area contributed by atoms with Gasteiger partial charge in [0.1, 0.15) is 12.4 Å². The lowest BCUT2D eigenvalue weighted by molar-refractivity contribution is -0.167. The zero-order valence-electron chi connectivity index (χ0n) is 15.3. The first-order valence-electron chi connectivity index (χ1n) is 8.52. The Morgan fingerprint density at radius 1 is 1.32 bits per heavy atom. The van der Waals surface area contributed by atoms with Crippen molar-refractivity contribution in [2.24, 2.45) is 10.7 Å². The van der Waals surface area contributed by atoms with Gasteiger partial charge >= 0.3 is 6.18 Å². The third-order valence-electron chi connectivity index (χ3n) is 4.44. The maximum atomic E-state index is 14.5. The number of alkyl halides is 4. The van der Waals surface area contributed by atoms with E-state index in [0.29, 0.717) is 10.5 Å². The number of ether oxygens (including phenoxy) is 1. The summed E-state index contributed by atoms with van der Waals surface area (Å²) in [5.74, 6) is -4.01. The average molecular weight is 511 g/mol. The van der Waals surface area contributed by atoms with Crippen molar-refractivity contribution in [1.29, 1.82) is 0 Å². The van der Waals surface area contributed by atoms with Crippen molar-refractivity contribution in [1.82, 2.24) is 4.98 Å². The molecule has 0 spiro atoms. The molecular formula is C18H13BrF6N4O2. The largest absolute Gasteiger partial charge is 0.451 e. The summed E-state index contributed by atoms with van der Waals surface area (Å²) < 4.78 is 87.8. The maximum absolute atomic E-state index is 14.5. The highest BCUT2D eigenvalue weighted by atomic mass is 79.9. The molecule has 3 N–H and O–H groups in total. The summed E-state index contributed by atoms with van der Waals surface area (Å²) in [6, 6.07) is 0.679. The van der Waals surface area contributed by atoms with Crippen molar-refractivity contribution in [2.45, 2.75) is 24.2 Å². The number of anilines is 1. The van der Waals surface area contributed by atoms with Gasteiger partial charge in [-0.3, -0.25) is 4.79 Å². The van der Waals surface area contributed by atoms with E-state index in [2.05, 4.69) is 31.2 Å². The van der Waals surface area contributed by atoms with Gasteiger partial charge in [0.25, 0.3) is 11.9 Å². The zero-order chi connectivity index (χ0) is 23.0. The van der Waals surface area contributed by atoms with E-state index in [1.54, 1.807) is 0 Å². The molecule has 1 aliphatic rings. The van der Waals surface area contributed by atoms with Crippen LogP contribution in [0.2, 0.25) is 0 Å². The van der Waals surface area contributed by atoms with E-state index < -0.39 is 60.0 Å². The van der Waals surface area contributed by atoms with Crippen LogP contribution in [0.25, 0.3) is 0 Å². The number of halogens is 7. The Balaban J connectivity index is 2.00. The fraction of sp³-hybridized carbons (Fsp3) is 0.278. The average Bonchev–Trinajstić information content (AvgIpc) is 2.69. The molecule has 1 aromatic carbocycles. The van der Waals surface area contributed by atoms with Crippen LogP contribution < -0.4 is 11.1 Å². The Labute approximate surface area is 179 Å². The summed E-state index contributed by atoms with van der Waals surface area (Å²) in [7, 11) is 0. The number of nitrogens with zero attached hydrogens (tertiary/aromatic N) is 2. The molecule has 2 heterocycles. The molecule has 3 rings (SSSR count). The SMILES string of the molecule is NC1=N[C@H](C(F)(F)F)C[C@@](CF)(c2cc(NC(=O)c3ccc(Br)cn3)cc(F)c2F)O1. The number of amidine groups is 1. The Morgan fingerprint density at radius 3 is 2.61 bits per heavy atom. The molecule has 0 unspecified atom stereocenters. The van der Waals surface area contributed by atoms with Crippen molar-refractivity contribution in [3.63, 3.8) is 0 Å². The molecule has 0 radical (unpaired) electrons. The lowest BCUT2D eigenvalue weighted by Crippen LogP contribution is -2.49. The van der Waals surface area contributed by atoms with E-state index in [9.17, 15) is 31.1 Å². The van der Waals surface area contributed by atoms with Crippen molar-refractivity contribution in [3.8, 4) is 0 Å². The van der Waals surface area contributed by atoms with Crippen molar-refractivity contribution in [3.05, 3.63) is 57.8 Å². The standard InChI is InChI=1S/C18H13BrF6N4O2/c19-8-1-2-12(27-6-8)15(30)28-9-3-10(14(22)11(21)4-9)17(7-20)5-13(18(23,24)25)29-16(26)31-17/h1-4,6,13H,5,7H2,(H2,26,29)(H,28,30)/t13-,17+/m0/s1. The van der Waals surface area contributed by atoms with Gasteiger partial charge in [-0.25, -0.2) is 23.1 Å². The van der Waals surface area contributed by atoms with Crippen molar-refractivity contribution < 1.29 is 35.9 Å². The summed E-state index contributed by atoms with van der Waals surface area (Å²) in [6.07, 6.45) is -4.79. The molecule has 0 fully saturated rings. The topological polar surface area (TPSA) is 89.6 Å². The Bertz CT molecular complexity index is 1030. The number of rotatable bonds is 4. The minimum absolute atomic E-state index is 0.0860. The van der Waals surface area contributed by atoms with Crippen LogP contribution >= 0.6 is 15.9 Å². The first kappa shape index (κ1) is 22.8. The molecule has 0 bridgehead atoms. The summed E-state index contributed by atoms with van der Waals surface area (Å²) >= 11 is 3.14. The number of aromatic nitrogens is 1. The van der Waals surface area contributed by atoms with Crippen LogP contribution in [0.3, 0.4) is 0 Å². The highest BCUT2D eigenvalue weighted by Gasteiger charge is 2.52. The molecule has 6 nitrogen and oxygen atoms in total. The number of pyridine rings is 1. The zero-order valence-corrected chi connectivity index (χ0v) is 16.9. The lowest BCUT2D eigenvalue weighted by atomic mass is 9.86.